The van der Waals surface area contributed by atoms with Crippen LogP contribution in [0.1, 0.15) is 6.42 Å². The van der Waals surface area contributed by atoms with E-state index in [1.165, 1.54) is 6.07 Å². The van der Waals surface area contributed by atoms with Crippen molar-refractivity contribution < 1.29 is 27.1 Å². The highest BCUT2D eigenvalue weighted by Gasteiger charge is 2.29. The molecule has 6 nitrogen and oxygen atoms in total. The molecule has 1 saturated heterocycles. The molecular formula is C14H16FNO5S2. The molecule has 1 N–H and O–H groups in total. The Bertz CT molecular complexity index is 692. The Morgan fingerprint density at radius 1 is 1.35 bits per heavy atom. The Hall–Kier alpha value is -1.61. The fourth-order valence-electron chi connectivity index (χ4n) is 2.06. The van der Waals surface area contributed by atoms with E-state index in [-0.39, 0.29) is 17.3 Å². The van der Waals surface area contributed by atoms with Gasteiger partial charge in [-0.1, -0.05) is 12.1 Å². The van der Waals surface area contributed by atoms with Gasteiger partial charge in [-0.05, 0) is 18.6 Å². The minimum atomic E-state index is -3.08. The molecule has 1 aromatic rings. The summed E-state index contributed by atoms with van der Waals surface area (Å²) < 4.78 is 40.7. The quantitative estimate of drug-likeness (QED) is 0.594. The lowest BCUT2D eigenvalue weighted by atomic mass is 10.2. The van der Waals surface area contributed by atoms with Crippen molar-refractivity contribution in [1.29, 1.82) is 0 Å². The number of carbonyl (C=O) groups is 2. The largest absolute Gasteiger partial charge is 0.455 e. The van der Waals surface area contributed by atoms with Gasteiger partial charge in [0, 0.05) is 10.9 Å². The van der Waals surface area contributed by atoms with Crippen molar-refractivity contribution in [3.8, 4) is 0 Å². The van der Waals surface area contributed by atoms with E-state index in [1.54, 1.807) is 18.2 Å². The lowest BCUT2D eigenvalue weighted by Crippen LogP contribution is -2.38. The zero-order chi connectivity index (χ0) is 16.9. The Morgan fingerprint density at radius 3 is 2.74 bits per heavy atom. The highest BCUT2D eigenvalue weighted by Crippen LogP contribution is 2.21. The van der Waals surface area contributed by atoms with Crippen LogP contribution in [0.15, 0.2) is 29.2 Å². The molecule has 1 aliphatic heterocycles. The maximum atomic E-state index is 13.4. The van der Waals surface area contributed by atoms with Crippen LogP contribution in [0.3, 0.4) is 0 Å². The predicted octanol–water partition coefficient (Wildman–Crippen LogP) is 0.764. The molecule has 0 unspecified atom stereocenters. The Morgan fingerprint density at radius 2 is 2.09 bits per heavy atom. The molecule has 1 heterocycles. The predicted molar refractivity (Wildman–Crippen MR) is 83.3 cm³/mol. The van der Waals surface area contributed by atoms with Gasteiger partial charge < -0.3 is 10.1 Å². The number of esters is 1. The molecule has 0 radical (unpaired) electrons. The minimum absolute atomic E-state index is 0.0526. The Labute approximate surface area is 137 Å². The van der Waals surface area contributed by atoms with Gasteiger partial charge in [-0.3, -0.25) is 9.59 Å². The Kier molecular flexibility index (Phi) is 6.00. The number of nitrogens with one attached hydrogen (secondary N) is 1. The van der Waals surface area contributed by atoms with Crippen molar-refractivity contribution in [3.05, 3.63) is 30.1 Å². The molecule has 0 spiro atoms. The lowest BCUT2D eigenvalue weighted by Gasteiger charge is -2.11. The zero-order valence-electron chi connectivity index (χ0n) is 12.2. The van der Waals surface area contributed by atoms with Crippen molar-refractivity contribution in [2.75, 3.05) is 23.9 Å². The summed E-state index contributed by atoms with van der Waals surface area (Å²) in [6.07, 6.45) is 0.366. The summed E-state index contributed by atoms with van der Waals surface area (Å²) in [5, 5.41) is 2.51. The normalized spacial score (nSPS) is 19.3. The molecule has 0 aliphatic carbocycles. The molecule has 0 aromatic heterocycles. The van der Waals surface area contributed by atoms with Crippen LogP contribution in [0.25, 0.3) is 0 Å². The SMILES string of the molecule is O=C(COC(=O)CSc1ccccc1F)N[C@@H]1CCS(=O)(=O)C1. The van der Waals surface area contributed by atoms with Crippen LogP contribution in [0.5, 0.6) is 0 Å². The summed E-state index contributed by atoms with van der Waals surface area (Å²) in [5.41, 5.74) is 0. The van der Waals surface area contributed by atoms with Gasteiger partial charge in [-0.15, -0.1) is 11.8 Å². The second-order valence-corrected chi connectivity index (χ2v) is 8.29. The second-order valence-electron chi connectivity index (χ2n) is 5.05. The standard InChI is InChI=1S/C14H16FNO5S2/c15-11-3-1-2-4-12(11)22-8-14(18)21-7-13(17)16-10-5-6-23(19,20)9-10/h1-4,10H,5-9H2,(H,16,17)/t10-/m1/s1. The topological polar surface area (TPSA) is 89.5 Å². The van der Waals surface area contributed by atoms with Gasteiger partial charge in [0.15, 0.2) is 16.4 Å². The number of amides is 1. The monoisotopic (exact) mass is 361 g/mol. The van der Waals surface area contributed by atoms with Crippen LogP contribution in [-0.2, 0) is 24.2 Å². The summed E-state index contributed by atoms with van der Waals surface area (Å²) in [5.74, 6) is -1.77. The van der Waals surface area contributed by atoms with E-state index in [1.807, 2.05) is 0 Å². The van der Waals surface area contributed by atoms with Crippen LogP contribution >= 0.6 is 11.8 Å². The maximum Gasteiger partial charge on any atom is 0.316 e. The van der Waals surface area contributed by atoms with E-state index in [0.717, 1.165) is 11.8 Å². The van der Waals surface area contributed by atoms with Gasteiger partial charge >= 0.3 is 5.97 Å². The molecule has 23 heavy (non-hydrogen) atoms. The maximum absolute atomic E-state index is 13.4. The number of benzene rings is 1. The first kappa shape index (κ1) is 17.7. The molecule has 1 fully saturated rings. The first-order valence-electron chi connectivity index (χ1n) is 6.88. The summed E-state index contributed by atoms with van der Waals surface area (Å²) in [4.78, 5) is 23.4. The highest BCUT2D eigenvalue weighted by molar-refractivity contribution is 8.00. The van der Waals surface area contributed by atoms with Crippen molar-refractivity contribution in [2.45, 2.75) is 17.4 Å². The Balaban J connectivity index is 1.68. The van der Waals surface area contributed by atoms with Crippen LogP contribution in [0, 0.1) is 5.82 Å². The zero-order valence-corrected chi connectivity index (χ0v) is 13.8. The third-order valence-corrected chi connectivity index (χ3v) is 5.93. The van der Waals surface area contributed by atoms with E-state index in [0.29, 0.717) is 11.3 Å². The van der Waals surface area contributed by atoms with Crippen LogP contribution in [0.2, 0.25) is 0 Å². The molecule has 2 rings (SSSR count). The fourth-order valence-corrected chi connectivity index (χ4v) is 4.48. The molecule has 1 atom stereocenters. The molecule has 0 saturated carbocycles. The summed E-state index contributed by atoms with van der Waals surface area (Å²) >= 11 is 0.979. The number of halogens is 1. The summed E-state index contributed by atoms with van der Waals surface area (Å²) in [6, 6.07) is 5.60. The molecule has 0 bridgehead atoms. The minimum Gasteiger partial charge on any atom is -0.455 e. The third kappa shape index (κ3) is 5.83. The first-order valence-corrected chi connectivity index (χ1v) is 9.69. The molecule has 126 valence electrons. The number of rotatable bonds is 6. The molecular weight excluding hydrogens is 345 g/mol. The van der Waals surface area contributed by atoms with Gasteiger partial charge in [0.2, 0.25) is 0 Å². The third-order valence-electron chi connectivity index (χ3n) is 3.14. The average molecular weight is 361 g/mol. The van der Waals surface area contributed by atoms with E-state index in [2.05, 4.69) is 5.32 Å². The van der Waals surface area contributed by atoms with Crippen molar-refractivity contribution >= 4 is 33.5 Å². The summed E-state index contributed by atoms with van der Waals surface area (Å²) in [6.45, 7) is -0.479. The van der Waals surface area contributed by atoms with Crippen LogP contribution < -0.4 is 5.32 Å². The first-order chi connectivity index (χ1) is 10.9. The molecule has 1 aliphatic rings. The number of thioether (sulfide) groups is 1. The molecule has 1 aromatic carbocycles. The second kappa shape index (κ2) is 7.78. The number of hydrogen-bond acceptors (Lipinski definition) is 6. The van der Waals surface area contributed by atoms with Gasteiger partial charge in [0.05, 0.1) is 17.3 Å². The van der Waals surface area contributed by atoms with Gasteiger partial charge in [-0.2, -0.15) is 0 Å². The van der Waals surface area contributed by atoms with E-state index < -0.39 is 40.2 Å². The van der Waals surface area contributed by atoms with E-state index >= 15 is 0 Å². The van der Waals surface area contributed by atoms with Crippen molar-refractivity contribution in [1.82, 2.24) is 5.32 Å². The lowest BCUT2D eigenvalue weighted by molar-refractivity contribution is -0.146. The fraction of sp³-hybridized carbons (Fsp3) is 0.429. The smallest absolute Gasteiger partial charge is 0.316 e. The van der Waals surface area contributed by atoms with Crippen LogP contribution in [-0.4, -0.2) is 50.2 Å². The van der Waals surface area contributed by atoms with Crippen molar-refractivity contribution in [2.24, 2.45) is 0 Å². The van der Waals surface area contributed by atoms with Gasteiger partial charge in [0.1, 0.15) is 5.82 Å². The number of carbonyl (C=O) groups excluding carboxylic acids is 2. The van der Waals surface area contributed by atoms with Gasteiger partial charge in [-0.25, -0.2) is 12.8 Å². The number of ether oxygens (including phenoxy) is 1. The summed E-state index contributed by atoms with van der Waals surface area (Å²) in [7, 11) is -3.08. The molecule has 1 amide bonds. The number of sulfone groups is 1. The highest BCUT2D eigenvalue weighted by atomic mass is 32.2. The molecule has 9 heteroatoms. The van der Waals surface area contributed by atoms with E-state index in [9.17, 15) is 22.4 Å². The van der Waals surface area contributed by atoms with E-state index in [4.69, 9.17) is 4.74 Å². The van der Waals surface area contributed by atoms with Gasteiger partial charge in [0.25, 0.3) is 5.91 Å². The van der Waals surface area contributed by atoms with Crippen molar-refractivity contribution in [3.63, 3.8) is 0 Å². The van der Waals surface area contributed by atoms with Crippen LogP contribution in [0.4, 0.5) is 4.39 Å². The number of hydrogen-bond donors (Lipinski definition) is 1. The average Bonchev–Trinajstić information content (AvgIpc) is 2.83.